The molecule has 1 unspecified atom stereocenters. The van der Waals surface area contributed by atoms with E-state index in [9.17, 15) is 14.0 Å². The van der Waals surface area contributed by atoms with Crippen molar-refractivity contribution in [2.24, 2.45) is 5.73 Å². The number of esters is 1. The summed E-state index contributed by atoms with van der Waals surface area (Å²) in [5, 5.41) is 2.47. The first-order valence-electron chi connectivity index (χ1n) is 6.00. The number of carbonyl (C=O) groups is 2. The molecule has 0 aliphatic carbocycles. The third kappa shape index (κ3) is 5.58. The topological polar surface area (TPSA) is 81.4 Å². The fourth-order valence-corrected chi connectivity index (χ4v) is 2.22. The molecule has 1 atom stereocenters. The fraction of sp³-hybridized carbons (Fsp3) is 0.385. The van der Waals surface area contributed by atoms with Gasteiger partial charge in [0, 0.05) is 0 Å². The van der Waals surface area contributed by atoms with E-state index in [0.717, 1.165) is 0 Å². The molecule has 0 aliphatic heterocycles. The van der Waals surface area contributed by atoms with Crippen LogP contribution in [0.2, 0.25) is 0 Å². The molecule has 0 spiro atoms. The van der Waals surface area contributed by atoms with Gasteiger partial charge in [-0.3, -0.25) is 9.59 Å². The number of nitrogens with two attached hydrogens (primary N) is 1. The maximum Gasteiger partial charge on any atom is 0.322 e. The zero-order valence-electron chi connectivity index (χ0n) is 11.1. The van der Waals surface area contributed by atoms with Gasteiger partial charge in [0.2, 0.25) is 5.91 Å². The molecular formula is C13H17FN2O3S. The number of halogens is 1. The predicted molar refractivity (Wildman–Crippen MR) is 77.0 cm³/mol. The molecule has 5 nitrogen and oxygen atoms in total. The molecule has 0 aromatic heterocycles. The molecule has 7 heteroatoms. The number of benzene rings is 1. The van der Waals surface area contributed by atoms with Crippen molar-refractivity contribution in [3.05, 3.63) is 30.1 Å². The van der Waals surface area contributed by atoms with Crippen LogP contribution in [0.3, 0.4) is 0 Å². The summed E-state index contributed by atoms with van der Waals surface area (Å²) >= 11 is 1.32. The summed E-state index contributed by atoms with van der Waals surface area (Å²) in [6.07, 6.45) is 0.421. The van der Waals surface area contributed by atoms with Gasteiger partial charge in [-0.2, -0.15) is 11.8 Å². The van der Waals surface area contributed by atoms with Crippen molar-refractivity contribution in [3.63, 3.8) is 0 Å². The molecule has 1 amide bonds. The van der Waals surface area contributed by atoms with Crippen molar-refractivity contribution < 1.29 is 18.7 Å². The Bertz CT molecular complexity index is 471. The van der Waals surface area contributed by atoms with Crippen LogP contribution in [0.25, 0.3) is 0 Å². The van der Waals surface area contributed by atoms with Gasteiger partial charge < -0.3 is 15.8 Å². The van der Waals surface area contributed by atoms with Crippen LogP contribution in [0.4, 0.5) is 10.1 Å². The molecular weight excluding hydrogens is 283 g/mol. The maximum atomic E-state index is 13.3. The molecule has 0 fully saturated rings. The molecule has 20 heavy (non-hydrogen) atoms. The molecule has 0 saturated carbocycles. The molecule has 1 rings (SSSR count). The quantitative estimate of drug-likeness (QED) is 0.587. The highest BCUT2D eigenvalue weighted by Crippen LogP contribution is 2.13. The third-order valence-electron chi connectivity index (χ3n) is 2.46. The zero-order chi connectivity index (χ0) is 15.0. The first-order chi connectivity index (χ1) is 9.54. The van der Waals surface area contributed by atoms with Gasteiger partial charge in [-0.05, 0) is 24.3 Å². The molecule has 0 saturated heterocycles. The van der Waals surface area contributed by atoms with E-state index in [1.165, 1.54) is 31.0 Å². The minimum atomic E-state index is -0.679. The van der Waals surface area contributed by atoms with E-state index in [1.807, 2.05) is 0 Å². The molecule has 1 aromatic carbocycles. The fourth-order valence-electron chi connectivity index (χ4n) is 1.39. The Balaban J connectivity index is 2.24. The number of hydrogen-bond acceptors (Lipinski definition) is 5. The molecule has 0 heterocycles. The SMILES string of the molecule is COC(=O)C(N)CCSCC(=O)Nc1ccccc1F. The van der Waals surface area contributed by atoms with Gasteiger partial charge in [0.1, 0.15) is 11.9 Å². The van der Waals surface area contributed by atoms with E-state index in [0.29, 0.717) is 12.2 Å². The van der Waals surface area contributed by atoms with Crippen LogP contribution in [0.15, 0.2) is 24.3 Å². The van der Waals surface area contributed by atoms with Crippen LogP contribution in [-0.2, 0) is 14.3 Å². The highest BCUT2D eigenvalue weighted by atomic mass is 32.2. The lowest BCUT2D eigenvalue weighted by atomic mass is 10.2. The minimum absolute atomic E-state index is 0.157. The summed E-state index contributed by atoms with van der Waals surface area (Å²) in [6.45, 7) is 0. The van der Waals surface area contributed by atoms with Crippen LogP contribution < -0.4 is 11.1 Å². The summed E-state index contributed by atoms with van der Waals surface area (Å²) in [5.74, 6) is -0.532. The van der Waals surface area contributed by atoms with Crippen LogP contribution in [0.5, 0.6) is 0 Å². The molecule has 1 aromatic rings. The first kappa shape index (κ1) is 16.5. The highest BCUT2D eigenvalue weighted by Gasteiger charge is 2.13. The number of methoxy groups -OCH3 is 1. The van der Waals surface area contributed by atoms with Gasteiger partial charge in [0.25, 0.3) is 0 Å². The Morgan fingerprint density at radius 1 is 1.45 bits per heavy atom. The second kappa shape index (κ2) is 8.55. The number of nitrogens with one attached hydrogen (secondary N) is 1. The smallest absolute Gasteiger partial charge is 0.322 e. The van der Waals surface area contributed by atoms with Crippen molar-refractivity contribution in [1.29, 1.82) is 0 Å². The average Bonchev–Trinajstić information content (AvgIpc) is 2.45. The van der Waals surface area contributed by atoms with Crippen LogP contribution >= 0.6 is 11.8 Å². The predicted octanol–water partition coefficient (Wildman–Crippen LogP) is 1.39. The molecule has 110 valence electrons. The number of hydrogen-bond donors (Lipinski definition) is 2. The van der Waals surface area contributed by atoms with Crippen molar-refractivity contribution in [2.45, 2.75) is 12.5 Å². The van der Waals surface area contributed by atoms with Gasteiger partial charge >= 0.3 is 5.97 Å². The Labute approximate surface area is 121 Å². The maximum absolute atomic E-state index is 13.3. The van der Waals surface area contributed by atoms with Gasteiger partial charge in [-0.1, -0.05) is 12.1 Å². The standard InChI is InChI=1S/C13H17FN2O3S/c1-19-13(18)10(15)6-7-20-8-12(17)16-11-5-3-2-4-9(11)14/h2-5,10H,6-8,15H2,1H3,(H,16,17). The second-order valence-electron chi connectivity index (χ2n) is 4.00. The number of para-hydroxylation sites is 1. The number of carbonyl (C=O) groups excluding carboxylic acids is 2. The van der Waals surface area contributed by atoms with Crippen molar-refractivity contribution in [3.8, 4) is 0 Å². The second-order valence-corrected chi connectivity index (χ2v) is 5.10. The Morgan fingerprint density at radius 2 is 2.15 bits per heavy atom. The lowest BCUT2D eigenvalue weighted by molar-refractivity contribution is -0.142. The summed E-state index contributed by atoms with van der Waals surface area (Å²) in [4.78, 5) is 22.6. The van der Waals surface area contributed by atoms with Crippen LogP contribution in [-0.4, -0.2) is 36.5 Å². The third-order valence-corrected chi connectivity index (χ3v) is 3.45. The minimum Gasteiger partial charge on any atom is -0.468 e. The van der Waals surface area contributed by atoms with Crippen LogP contribution in [0.1, 0.15) is 6.42 Å². The number of amides is 1. The van der Waals surface area contributed by atoms with Crippen molar-refractivity contribution >= 4 is 29.3 Å². The molecule has 0 aliphatic rings. The van der Waals surface area contributed by atoms with E-state index in [-0.39, 0.29) is 17.3 Å². The Morgan fingerprint density at radius 3 is 2.80 bits per heavy atom. The molecule has 0 radical (unpaired) electrons. The van der Waals surface area contributed by atoms with E-state index in [1.54, 1.807) is 12.1 Å². The summed E-state index contributed by atoms with van der Waals surface area (Å²) in [5.41, 5.74) is 5.71. The number of rotatable bonds is 7. The summed E-state index contributed by atoms with van der Waals surface area (Å²) in [7, 11) is 1.27. The van der Waals surface area contributed by atoms with Crippen molar-refractivity contribution in [2.75, 3.05) is 23.9 Å². The Hall–Kier alpha value is -1.60. The summed E-state index contributed by atoms with van der Waals surface area (Å²) < 4.78 is 17.8. The van der Waals surface area contributed by atoms with E-state index in [2.05, 4.69) is 10.1 Å². The van der Waals surface area contributed by atoms with E-state index in [4.69, 9.17) is 5.73 Å². The monoisotopic (exact) mass is 300 g/mol. The highest BCUT2D eigenvalue weighted by molar-refractivity contribution is 7.99. The van der Waals surface area contributed by atoms with Gasteiger partial charge in [-0.15, -0.1) is 0 Å². The molecule has 0 bridgehead atoms. The molecule has 3 N–H and O–H groups in total. The van der Waals surface area contributed by atoms with Crippen LogP contribution in [0, 0.1) is 5.82 Å². The summed E-state index contributed by atoms with van der Waals surface area (Å²) in [6, 6.07) is 5.28. The average molecular weight is 300 g/mol. The number of thioether (sulfide) groups is 1. The van der Waals surface area contributed by atoms with Crippen molar-refractivity contribution in [1.82, 2.24) is 0 Å². The van der Waals surface area contributed by atoms with E-state index >= 15 is 0 Å². The van der Waals surface area contributed by atoms with Gasteiger partial charge in [0.15, 0.2) is 0 Å². The lowest BCUT2D eigenvalue weighted by Crippen LogP contribution is -2.32. The number of anilines is 1. The zero-order valence-corrected chi connectivity index (χ0v) is 11.9. The van der Waals surface area contributed by atoms with Gasteiger partial charge in [-0.25, -0.2) is 4.39 Å². The Kier molecular flexibility index (Phi) is 7.03. The lowest BCUT2D eigenvalue weighted by Gasteiger charge is -2.09. The number of ether oxygens (including phenoxy) is 1. The largest absolute Gasteiger partial charge is 0.468 e. The first-order valence-corrected chi connectivity index (χ1v) is 7.15. The van der Waals surface area contributed by atoms with Gasteiger partial charge in [0.05, 0.1) is 18.6 Å². The normalized spacial score (nSPS) is 11.8. The van der Waals surface area contributed by atoms with E-state index < -0.39 is 17.8 Å².